The van der Waals surface area contributed by atoms with Crippen molar-refractivity contribution in [3.05, 3.63) is 33.3 Å². The summed E-state index contributed by atoms with van der Waals surface area (Å²) in [5.74, 6) is -0.117. The van der Waals surface area contributed by atoms with E-state index in [1.54, 1.807) is 13.0 Å². The van der Waals surface area contributed by atoms with E-state index >= 15 is 0 Å². The molecule has 1 aromatic carbocycles. The number of nitrogens with one attached hydrogen (secondary N) is 1. The molecular formula is C13H15FINO2. The lowest BCUT2D eigenvalue weighted by Crippen LogP contribution is -1.87. The lowest BCUT2D eigenvalue weighted by molar-refractivity contribution is -0.128. The van der Waals surface area contributed by atoms with Gasteiger partial charge in [-0.1, -0.05) is 6.92 Å². The predicted octanol–water partition coefficient (Wildman–Crippen LogP) is 3.65. The minimum Gasteiger partial charge on any atom is -0.468 e. The first kappa shape index (κ1) is 14.9. The molecule has 0 aliphatic carbocycles. The maximum absolute atomic E-state index is 13.3. The summed E-state index contributed by atoms with van der Waals surface area (Å²) in [7, 11) is 0. The molecule has 18 heavy (non-hydrogen) atoms. The highest BCUT2D eigenvalue weighted by molar-refractivity contribution is 14.1. The van der Waals surface area contributed by atoms with E-state index in [1.807, 2.05) is 19.2 Å². The first-order chi connectivity index (χ1) is 8.63. The molecule has 0 radical (unpaired) electrons. The zero-order valence-electron chi connectivity index (χ0n) is 10.3. The van der Waals surface area contributed by atoms with Crippen LogP contribution >= 0.6 is 22.6 Å². The molecule has 0 unspecified atom stereocenters. The summed E-state index contributed by atoms with van der Waals surface area (Å²) in [6.45, 7) is 4.63. The Kier molecular flexibility index (Phi) is 6.11. The van der Waals surface area contributed by atoms with Gasteiger partial charge in [-0.3, -0.25) is 4.79 Å². The number of ether oxygens (including phenoxy) is 1. The molecular weight excluding hydrogens is 348 g/mol. The third-order valence-corrected chi connectivity index (χ3v) is 3.31. The second kappa shape index (κ2) is 7.35. The van der Waals surface area contributed by atoms with Crippen LogP contribution in [-0.2, 0) is 16.0 Å². The van der Waals surface area contributed by atoms with Crippen LogP contribution in [0.5, 0.6) is 0 Å². The smallest absolute Gasteiger partial charge is 0.293 e. The van der Waals surface area contributed by atoms with Crippen molar-refractivity contribution in [1.29, 1.82) is 0 Å². The monoisotopic (exact) mass is 363 g/mol. The van der Waals surface area contributed by atoms with Crippen LogP contribution in [0.25, 0.3) is 10.9 Å². The van der Waals surface area contributed by atoms with Gasteiger partial charge >= 0.3 is 0 Å². The molecule has 0 bridgehead atoms. The van der Waals surface area contributed by atoms with E-state index in [9.17, 15) is 9.18 Å². The van der Waals surface area contributed by atoms with E-state index in [4.69, 9.17) is 0 Å². The lowest BCUT2D eigenvalue weighted by atomic mass is 10.1. The fourth-order valence-corrected chi connectivity index (χ4v) is 2.09. The number of H-pyrrole nitrogens is 1. The molecule has 0 aliphatic rings. The average Bonchev–Trinajstić information content (AvgIpc) is 2.71. The van der Waals surface area contributed by atoms with Crippen molar-refractivity contribution in [2.75, 3.05) is 6.61 Å². The van der Waals surface area contributed by atoms with Crippen LogP contribution in [0.2, 0.25) is 0 Å². The first-order valence-corrected chi connectivity index (χ1v) is 6.72. The molecule has 0 fully saturated rings. The van der Waals surface area contributed by atoms with Crippen molar-refractivity contribution in [3.63, 3.8) is 0 Å². The van der Waals surface area contributed by atoms with E-state index in [1.165, 1.54) is 0 Å². The van der Waals surface area contributed by atoms with Crippen molar-refractivity contribution < 1.29 is 13.9 Å². The van der Waals surface area contributed by atoms with Crippen molar-refractivity contribution in [2.24, 2.45) is 0 Å². The first-order valence-electron chi connectivity index (χ1n) is 5.64. The number of aromatic amines is 1. The van der Waals surface area contributed by atoms with Crippen LogP contribution in [0.3, 0.4) is 0 Å². The van der Waals surface area contributed by atoms with Crippen LogP contribution in [0.4, 0.5) is 4.39 Å². The maximum Gasteiger partial charge on any atom is 0.293 e. The Morgan fingerprint density at radius 3 is 2.67 bits per heavy atom. The number of aryl methyl sites for hydroxylation is 1. The van der Waals surface area contributed by atoms with Gasteiger partial charge in [-0.2, -0.15) is 0 Å². The van der Waals surface area contributed by atoms with E-state index in [0.29, 0.717) is 13.1 Å². The summed E-state index contributed by atoms with van der Waals surface area (Å²) >= 11 is 2.24. The Labute approximate surface area is 119 Å². The Morgan fingerprint density at radius 2 is 2.17 bits per heavy atom. The summed E-state index contributed by atoms with van der Waals surface area (Å²) in [6, 6.07) is 3.49. The lowest BCUT2D eigenvalue weighted by Gasteiger charge is -1.99. The third kappa shape index (κ3) is 3.69. The number of fused-ring (bicyclic) bond motifs is 1. The average molecular weight is 363 g/mol. The van der Waals surface area contributed by atoms with Crippen molar-refractivity contribution in [1.82, 2.24) is 4.98 Å². The van der Waals surface area contributed by atoms with Crippen LogP contribution < -0.4 is 0 Å². The van der Waals surface area contributed by atoms with Gasteiger partial charge in [-0.15, -0.1) is 0 Å². The number of carbonyl (C=O) groups is 1. The zero-order valence-corrected chi connectivity index (χ0v) is 12.5. The summed E-state index contributed by atoms with van der Waals surface area (Å²) < 4.78 is 18.6. The van der Waals surface area contributed by atoms with Crippen LogP contribution in [0.15, 0.2) is 18.3 Å². The Balaban J connectivity index is 0.000000280. The van der Waals surface area contributed by atoms with Gasteiger partial charge in [0.2, 0.25) is 0 Å². The molecule has 98 valence electrons. The summed E-state index contributed by atoms with van der Waals surface area (Å²) in [4.78, 5) is 12.2. The van der Waals surface area contributed by atoms with Gasteiger partial charge in [-0.25, -0.2) is 4.39 Å². The number of hydrogen-bond donors (Lipinski definition) is 1. The van der Waals surface area contributed by atoms with Gasteiger partial charge < -0.3 is 9.72 Å². The molecule has 1 N–H and O–H groups in total. The quantitative estimate of drug-likeness (QED) is 0.668. The minimum atomic E-state index is -0.117. The van der Waals surface area contributed by atoms with Gasteiger partial charge in [0.05, 0.1) is 6.61 Å². The maximum atomic E-state index is 13.3. The highest BCUT2D eigenvalue weighted by Crippen LogP contribution is 2.23. The molecule has 5 heteroatoms. The summed E-state index contributed by atoms with van der Waals surface area (Å²) in [5.41, 5.74) is 1.66. The number of aromatic nitrogens is 1. The van der Waals surface area contributed by atoms with Crippen LogP contribution in [-0.4, -0.2) is 18.1 Å². The summed E-state index contributed by atoms with van der Waals surface area (Å²) in [5, 5.41) is 1.11. The minimum absolute atomic E-state index is 0.117. The highest BCUT2D eigenvalue weighted by atomic mass is 127. The van der Waals surface area contributed by atoms with E-state index < -0.39 is 0 Å². The second-order valence-corrected chi connectivity index (χ2v) is 4.69. The van der Waals surface area contributed by atoms with Crippen molar-refractivity contribution >= 4 is 40.0 Å². The SMILES string of the molecule is CCOC=O.CCc1cc2c(I)c[nH]c2cc1F. The normalized spacial score (nSPS) is 9.78. The number of halogens is 2. The fraction of sp³-hybridized carbons (Fsp3) is 0.308. The van der Waals surface area contributed by atoms with Gasteiger partial charge in [0, 0.05) is 20.7 Å². The van der Waals surface area contributed by atoms with E-state index in [2.05, 4.69) is 32.3 Å². The predicted molar refractivity (Wildman–Crippen MR) is 78.0 cm³/mol. The Bertz CT molecular complexity index is 525. The van der Waals surface area contributed by atoms with Gasteiger partial charge in [0.25, 0.3) is 6.47 Å². The van der Waals surface area contributed by atoms with Gasteiger partial charge in [0.1, 0.15) is 5.82 Å². The van der Waals surface area contributed by atoms with Gasteiger partial charge in [0.15, 0.2) is 0 Å². The van der Waals surface area contributed by atoms with Gasteiger partial charge in [-0.05, 0) is 53.6 Å². The molecule has 0 saturated heterocycles. The third-order valence-electron chi connectivity index (χ3n) is 2.41. The number of hydrogen-bond acceptors (Lipinski definition) is 2. The van der Waals surface area contributed by atoms with E-state index in [0.717, 1.165) is 26.5 Å². The zero-order chi connectivity index (χ0) is 13.5. The highest BCUT2D eigenvalue weighted by Gasteiger charge is 2.06. The molecule has 1 aromatic heterocycles. The summed E-state index contributed by atoms with van der Waals surface area (Å²) in [6.07, 6.45) is 2.63. The number of carbonyl (C=O) groups excluding carboxylic acids is 1. The molecule has 0 aliphatic heterocycles. The Hall–Kier alpha value is -1.11. The molecule has 1 heterocycles. The number of benzene rings is 1. The molecule has 0 spiro atoms. The largest absolute Gasteiger partial charge is 0.468 e. The number of rotatable bonds is 3. The molecule has 3 nitrogen and oxygen atoms in total. The van der Waals surface area contributed by atoms with Crippen LogP contribution in [0, 0.1) is 9.39 Å². The van der Waals surface area contributed by atoms with Crippen LogP contribution in [0.1, 0.15) is 19.4 Å². The molecule has 0 amide bonds. The van der Waals surface area contributed by atoms with Crippen molar-refractivity contribution in [3.8, 4) is 0 Å². The van der Waals surface area contributed by atoms with Crippen molar-refractivity contribution in [2.45, 2.75) is 20.3 Å². The standard InChI is InChI=1S/C10H9FIN.C3H6O2/c1-2-6-3-7-9(12)5-13-10(7)4-8(6)11;1-2-5-3-4/h3-5,13H,2H2,1H3;3H,2H2,1H3. The topological polar surface area (TPSA) is 42.1 Å². The fourth-order valence-electron chi connectivity index (χ4n) is 1.49. The second-order valence-electron chi connectivity index (χ2n) is 3.53. The van der Waals surface area contributed by atoms with E-state index in [-0.39, 0.29) is 5.82 Å². The molecule has 2 aromatic rings. The molecule has 0 atom stereocenters. The molecule has 0 saturated carbocycles. The molecule has 2 rings (SSSR count). The Morgan fingerprint density at radius 1 is 1.44 bits per heavy atom.